The molecule has 0 amide bonds. The standard InChI is InChI=1S/C21H28N2O3/c1-14-17-12-15-4-2-6-23-7-3-5-16(19(15)23)20(17)26-21(24)18(14)13-22-8-10-25-11-9-22/h12,19,24H,2-11,13H2,1H3. The Labute approximate surface area is 155 Å². The van der Waals surface area contributed by atoms with Gasteiger partial charge in [0.2, 0.25) is 0 Å². The molecular weight excluding hydrogens is 328 g/mol. The van der Waals surface area contributed by atoms with E-state index in [1.54, 1.807) is 5.57 Å². The second-order valence-electron chi connectivity index (χ2n) is 8.03. The largest absolute Gasteiger partial charge is 0.480 e. The molecule has 1 N–H and O–H groups in total. The van der Waals surface area contributed by atoms with Crippen molar-refractivity contribution in [2.45, 2.75) is 38.6 Å². The van der Waals surface area contributed by atoms with E-state index in [-0.39, 0.29) is 5.95 Å². The van der Waals surface area contributed by atoms with Gasteiger partial charge < -0.3 is 14.6 Å². The van der Waals surface area contributed by atoms with Gasteiger partial charge in [-0.2, -0.15) is 0 Å². The Hall–Kier alpha value is -1.56. The summed E-state index contributed by atoms with van der Waals surface area (Å²) in [5.41, 5.74) is 6.25. The van der Waals surface area contributed by atoms with Crippen molar-refractivity contribution < 1.29 is 14.6 Å². The van der Waals surface area contributed by atoms with Gasteiger partial charge in [0.1, 0.15) is 5.76 Å². The van der Waals surface area contributed by atoms with E-state index in [9.17, 15) is 5.11 Å². The fraction of sp³-hybridized carbons (Fsp3) is 0.619. The molecule has 0 saturated carbocycles. The molecule has 0 aromatic carbocycles. The number of morpholine rings is 1. The van der Waals surface area contributed by atoms with Crippen LogP contribution in [0.5, 0.6) is 0 Å². The van der Waals surface area contributed by atoms with Crippen LogP contribution in [0.3, 0.4) is 0 Å². The van der Waals surface area contributed by atoms with E-state index in [1.165, 1.54) is 49.1 Å². The number of piperidine rings is 2. The van der Waals surface area contributed by atoms with Crippen LogP contribution in [-0.4, -0.2) is 66.9 Å². The zero-order valence-electron chi connectivity index (χ0n) is 15.6. The Morgan fingerprint density at radius 1 is 1.12 bits per heavy atom. The highest BCUT2D eigenvalue weighted by atomic mass is 16.6. The molecule has 1 aliphatic carbocycles. The molecule has 1 atom stereocenters. The smallest absolute Gasteiger partial charge is 0.287 e. The maximum atomic E-state index is 10.7. The van der Waals surface area contributed by atoms with Crippen LogP contribution in [0.1, 0.15) is 32.6 Å². The highest BCUT2D eigenvalue weighted by molar-refractivity contribution is 5.59. The molecule has 26 heavy (non-hydrogen) atoms. The van der Waals surface area contributed by atoms with Crippen molar-refractivity contribution in [3.8, 4) is 0 Å². The van der Waals surface area contributed by atoms with Crippen molar-refractivity contribution in [1.29, 1.82) is 0 Å². The minimum atomic E-state index is 0.102. The molecule has 0 radical (unpaired) electrons. The van der Waals surface area contributed by atoms with E-state index in [2.05, 4.69) is 22.8 Å². The van der Waals surface area contributed by atoms with E-state index in [0.717, 1.165) is 50.6 Å². The van der Waals surface area contributed by atoms with Gasteiger partial charge >= 0.3 is 0 Å². The quantitative estimate of drug-likeness (QED) is 0.824. The number of aliphatic hydroxyl groups is 1. The molecule has 5 rings (SSSR count). The second-order valence-corrected chi connectivity index (χ2v) is 8.03. The second kappa shape index (κ2) is 6.55. The van der Waals surface area contributed by atoms with Crippen LogP contribution in [0.4, 0.5) is 0 Å². The minimum absolute atomic E-state index is 0.102. The lowest BCUT2D eigenvalue weighted by atomic mass is 9.77. The predicted octanol–water partition coefficient (Wildman–Crippen LogP) is 2.89. The molecule has 1 unspecified atom stereocenters. The Morgan fingerprint density at radius 3 is 2.69 bits per heavy atom. The summed E-state index contributed by atoms with van der Waals surface area (Å²) in [5, 5.41) is 10.7. The lowest BCUT2D eigenvalue weighted by Crippen LogP contribution is -2.47. The third kappa shape index (κ3) is 2.65. The molecule has 4 aliphatic heterocycles. The molecule has 4 heterocycles. The molecule has 0 aromatic heterocycles. The van der Waals surface area contributed by atoms with Gasteiger partial charge in [-0.1, -0.05) is 0 Å². The van der Waals surface area contributed by atoms with Gasteiger partial charge in [0, 0.05) is 25.2 Å². The van der Waals surface area contributed by atoms with Crippen LogP contribution in [0.2, 0.25) is 0 Å². The molecule has 3 saturated heterocycles. The maximum Gasteiger partial charge on any atom is 0.287 e. The molecule has 0 aromatic rings. The van der Waals surface area contributed by atoms with E-state index >= 15 is 0 Å². The number of aliphatic hydroxyl groups excluding tert-OH is 1. The first-order valence-corrected chi connectivity index (χ1v) is 10.0. The summed E-state index contributed by atoms with van der Waals surface area (Å²) in [6.07, 6.45) is 7.06. The minimum Gasteiger partial charge on any atom is -0.480 e. The van der Waals surface area contributed by atoms with E-state index in [4.69, 9.17) is 9.47 Å². The number of hydrogen-bond acceptors (Lipinski definition) is 5. The van der Waals surface area contributed by atoms with E-state index in [1.807, 2.05) is 0 Å². The van der Waals surface area contributed by atoms with Crippen LogP contribution in [-0.2, 0) is 9.47 Å². The number of nitrogens with zero attached hydrogens (tertiary/aromatic N) is 2. The van der Waals surface area contributed by atoms with Gasteiger partial charge in [-0.25, -0.2) is 0 Å². The fourth-order valence-electron chi connectivity index (χ4n) is 5.14. The van der Waals surface area contributed by atoms with Crippen molar-refractivity contribution in [1.82, 2.24) is 9.80 Å². The molecule has 5 nitrogen and oxygen atoms in total. The number of rotatable bonds is 2. The van der Waals surface area contributed by atoms with Gasteiger partial charge in [-0.3, -0.25) is 9.80 Å². The lowest BCUT2D eigenvalue weighted by Gasteiger charge is -2.46. The topological polar surface area (TPSA) is 45.2 Å². The SMILES string of the molecule is CC1=C2C=C3CCCN4CCCC(=C2OC(O)=C1CN1CCOCC1)C34. The predicted molar refractivity (Wildman–Crippen MR) is 99.6 cm³/mol. The summed E-state index contributed by atoms with van der Waals surface area (Å²) in [7, 11) is 0. The molecule has 140 valence electrons. The fourth-order valence-corrected chi connectivity index (χ4v) is 5.14. The van der Waals surface area contributed by atoms with Crippen molar-refractivity contribution >= 4 is 0 Å². The van der Waals surface area contributed by atoms with Gasteiger partial charge in [0.15, 0.2) is 0 Å². The summed E-state index contributed by atoms with van der Waals surface area (Å²) in [6, 6.07) is 0.414. The molecular formula is C21H28N2O3. The lowest BCUT2D eigenvalue weighted by molar-refractivity contribution is 0.0401. The molecule has 5 aliphatic rings. The zero-order chi connectivity index (χ0) is 17.7. The average Bonchev–Trinajstić information content (AvgIpc) is 2.67. The maximum absolute atomic E-state index is 10.7. The van der Waals surface area contributed by atoms with Gasteiger partial charge in [0.05, 0.1) is 24.8 Å². The number of fused-ring (bicyclic) bond motifs is 1. The average molecular weight is 356 g/mol. The van der Waals surface area contributed by atoms with Crippen LogP contribution in [0, 0.1) is 0 Å². The monoisotopic (exact) mass is 356 g/mol. The van der Waals surface area contributed by atoms with E-state index < -0.39 is 0 Å². The van der Waals surface area contributed by atoms with Crippen LogP contribution in [0.15, 0.2) is 45.6 Å². The third-order valence-corrected chi connectivity index (χ3v) is 6.51. The third-order valence-electron chi connectivity index (χ3n) is 6.51. The first kappa shape index (κ1) is 16.6. The Bertz CT molecular complexity index is 738. The summed E-state index contributed by atoms with van der Waals surface area (Å²) < 4.78 is 11.5. The Kier molecular flexibility index (Phi) is 4.18. The van der Waals surface area contributed by atoms with Crippen LogP contribution in [0.25, 0.3) is 0 Å². The highest BCUT2D eigenvalue weighted by Gasteiger charge is 2.40. The first-order chi connectivity index (χ1) is 12.7. The van der Waals surface area contributed by atoms with Crippen molar-refractivity contribution in [2.75, 3.05) is 45.9 Å². The van der Waals surface area contributed by atoms with E-state index in [0.29, 0.717) is 6.04 Å². The molecule has 0 spiro atoms. The van der Waals surface area contributed by atoms with Crippen LogP contribution < -0.4 is 0 Å². The number of allylic oxidation sites excluding steroid dienone is 1. The Morgan fingerprint density at radius 2 is 1.88 bits per heavy atom. The summed E-state index contributed by atoms with van der Waals surface area (Å²) in [4.78, 5) is 4.93. The highest BCUT2D eigenvalue weighted by Crippen LogP contribution is 2.45. The summed E-state index contributed by atoms with van der Waals surface area (Å²) in [5.74, 6) is 1.04. The first-order valence-electron chi connectivity index (χ1n) is 10.0. The van der Waals surface area contributed by atoms with Crippen molar-refractivity contribution in [2.24, 2.45) is 0 Å². The van der Waals surface area contributed by atoms with Gasteiger partial charge in [-0.15, -0.1) is 0 Å². The number of ether oxygens (including phenoxy) is 2. The number of hydrogen-bond donors (Lipinski definition) is 1. The molecule has 3 fully saturated rings. The van der Waals surface area contributed by atoms with Crippen molar-refractivity contribution in [3.63, 3.8) is 0 Å². The van der Waals surface area contributed by atoms with Gasteiger partial charge in [-0.05, 0) is 68.5 Å². The zero-order valence-corrected chi connectivity index (χ0v) is 15.6. The van der Waals surface area contributed by atoms with Crippen molar-refractivity contribution in [3.05, 3.63) is 45.6 Å². The normalized spacial score (nSPS) is 30.0. The molecule has 5 heteroatoms. The Balaban J connectivity index is 1.52. The molecule has 0 bridgehead atoms. The van der Waals surface area contributed by atoms with Gasteiger partial charge in [0.25, 0.3) is 5.95 Å². The summed E-state index contributed by atoms with van der Waals surface area (Å²) in [6.45, 7) is 8.58. The van der Waals surface area contributed by atoms with Crippen LogP contribution >= 0.6 is 0 Å². The summed E-state index contributed by atoms with van der Waals surface area (Å²) >= 11 is 0.